The van der Waals surface area contributed by atoms with Crippen molar-refractivity contribution in [2.45, 2.75) is 33.6 Å². The van der Waals surface area contributed by atoms with Crippen LogP contribution in [-0.2, 0) is 0 Å². The maximum absolute atomic E-state index is 12.2. The molecule has 0 spiro atoms. The predicted molar refractivity (Wildman–Crippen MR) is 76.6 cm³/mol. The number of rotatable bonds is 1. The van der Waals surface area contributed by atoms with Crippen LogP contribution in [0.3, 0.4) is 0 Å². The number of amides is 1. The van der Waals surface area contributed by atoms with Crippen LogP contribution < -0.4 is 0 Å². The Kier molecular flexibility index (Phi) is 3.85. The summed E-state index contributed by atoms with van der Waals surface area (Å²) in [6, 6.07) is 1.85. The number of H-pyrrole nitrogens is 1. The Labute approximate surface area is 117 Å². The van der Waals surface area contributed by atoms with Gasteiger partial charge < -0.3 is 9.88 Å². The number of hydrogen-bond acceptors (Lipinski definition) is 1. The lowest BCUT2D eigenvalue weighted by molar-refractivity contribution is 0.0604. The highest BCUT2D eigenvalue weighted by molar-refractivity contribution is 9.10. The first-order valence-corrected chi connectivity index (χ1v) is 7.30. The SMILES string of the molecule is CC(C)(C)C1CCN(C(=O)c2cc(Br)c[nH]2)CC1. The van der Waals surface area contributed by atoms with Gasteiger partial charge in [0.1, 0.15) is 5.69 Å². The van der Waals surface area contributed by atoms with Gasteiger partial charge in [0.25, 0.3) is 5.91 Å². The minimum atomic E-state index is 0.119. The van der Waals surface area contributed by atoms with Gasteiger partial charge in [-0.2, -0.15) is 0 Å². The fourth-order valence-corrected chi connectivity index (χ4v) is 2.95. The summed E-state index contributed by atoms with van der Waals surface area (Å²) in [6.45, 7) is 8.61. The molecule has 1 fully saturated rings. The highest BCUT2D eigenvalue weighted by Gasteiger charge is 2.30. The summed E-state index contributed by atoms with van der Waals surface area (Å²) in [5, 5.41) is 0. The number of piperidine rings is 1. The highest BCUT2D eigenvalue weighted by Crippen LogP contribution is 2.34. The van der Waals surface area contributed by atoms with Crippen LogP contribution in [0.25, 0.3) is 0 Å². The van der Waals surface area contributed by atoms with E-state index in [-0.39, 0.29) is 5.91 Å². The molecule has 2 rings (SSSR count). The molecule has 18 heavy (non-hydrogen) atoms. The molecule has 1 aliphatic rings. The largest absolute Gasteiger partial charge is 0.356 e. The van der Waals surface area contributed by atoms with Crippen molar-refractivity contribution in [1.82, 2.24) is 9.88 Å². The molecule has 1 aromatic rings. The normalized spacial score (nSPS) is 18.1. The summed E-state index contributed by atoms with van der Waals surface area (Å²) in [4.78, 5) is 17.2. The Morgan fingerprint density at radius 2 is 2.00 bits per heavy atom. The van der Waals surface area contributed by atoms with Gasteiger partial charge in [0.15, 0.2) is 0 Å². The van der Waals surface area contributed by atoms with Gasteiger partial charge in [-0.3, -0.25) is 4.79 Å². The minimum absolute atomic E-state index is 0.119. The van der Waals surface area contributed by atoms with E-state index in [0.717, 1.165) is 36.3 Å². The molecule has 0 radical (unpaired) electrons. The fourth-order valence-electron chi connectivity index (χ4n) is 2.61. The van der Waals surface area contributed by atoms with Crippen molar-refractivity contribution in [2.75, 3.05) is 13.1 Å². The van der Waals surface area contributed by atoms with Crippen LogP contribution in [0.2, 0.25) is 0 Å². The van der Waals surface area contributed by atoms with E-state index in [4.69, 9.17) is 0 Å². The number of nitrogens with one attached hydrogen (secondary N) is 1. The quantitative estimate of drug-likeness (QED) is 0.843. The van der Waals surface area contributed by atoms with E-state index < -0.39 is 0 Å². The molecule has 1 aromatic heterocycles. The number of hydrogen-bond donors (Lipinski definition) is 1. The molecule has 0 atom stereocenters. The van der Waals surface area contributed by atoms with E-state index in [1.54, 1.807) is 6.20 Å². The smallest absolute Gasteiger partial charge is 0.270 e. The monoisotopic (exact) mass is 312 g/mol. The molecule has 1 saturated heterocycles. The molecule has 1 N–H and O–H groups in total. The molecule has 0 saturated carbocycles. The van der Waals surface area contributed by atoms with Gasteiger partial charge >= 0.3 is 0 Å². The van der Waals surface area contributed by atoms with Crippen LogP contribution in [0.5, 0.6) is 0 Å². The summed E-state index contributed by atoms with van der Waals surface area (Å²) in [6.07, 6.45) is 4.02. The summed E-state index contributed by atoms with van der Waals surface area (Å²) in [5.41, 5.74) is 1.03. The van der Waals surface area contributed by atoms with E-state index in [0.29, 0.717) is 11.1 Å². The summed E-state index contributed by atoms with van der Waals surface area (Å²) in [7, 11) is 0. The molecule has 3 nitrogen and oxygen atoms in total. The van der Waals surface area contributed by atoms with Crippen LogP contribution in [-0.4, -0.2) is 28.9 Å². The Balaban J connectivity index is 1.96. The third kappa shape index (κ3) is 2.97. The molecule has 4 heteroatoms. The van der Waals surface area contributed by atoms with E-state index in [9.17, 15) is 4.79 Å². The lowest BCUT2D eigenvalue weighted by Crippen LogP contribution is -2.41. The number of carbonyl (C=O) groups excluding carboxylic acids is 1. The molecule has 0 unspecified atom stereocenters. The fraction of sp³-hybridized carbons (Fsp3) is 0.643. The summed E-state index contributed by atoms with van der Waals surface area (Å²) >= 11 is 3.36. The van der Waals surface area contributed by atoms with Crippen LogP contribution in [0.4, 0.5) is 0 Å². The first kappa shape index (κ1) is 13.7. The Hall–Kier alpha value is -0.770. The van der Waals surface area contributed by atoms with Crippen LogP contribution in [0.1, 0.15) is 44.1 Å². The van der Waals surface area contributed by atoms with E-state index in [1.165, 1.54) is 0 Å². The lowest BCUT2D eigenvalue weighted by Gasteiger charge is -2.38. The molecule has 2 heterocycles. The second-order valence-corrected chi connectivity index (χ2v) is 7.08. The first-order chi connectivity index (χ1) is 8.38. The van der Waals surface area contributed by atoms with Gasteiger partial charge in [-0.25, -0.2) is 0 Å². The number of carbonyl (C=O) groups is 1. The standard InChI is InChI=1S/C14H21BrN2O/c1-14(2,3)10-4-6-17(7-5-10)13(18)12-8-11(15)9-16-12/h8-10,16H,4-7H2,1-3H3. The third-order valence-corrected chi connectivity index (χ3v) is 4.34. The number of aromatic amines is 1. The van der Waals surface area contributed by atoms with E-state index in [1.807, 2.05) is 11.0 Å². The zero-order chi connectivity index (χ0) is 13.3. The summed E-state index contributed by atoms with van der Waals surface area (Å²) in [5.74, 6) is 0.838. The number of likely N-dealkylation sites (tertiary alicyclic amines) is 1. The summed E-state index contributed by atoms with van der Waals surface area (Å²) < 4.78 is 0.926. The van der Waals surface area contributed by atoms with Crippen molar-refractivity contribution in [3.8, 4) is 0 Å². The van der Waals surface area contributed by atoms with Crippen LogP contribution in [0.15, 0.2) is 16.7 Å². The molecule has 1 amide bonds. The van der Waals surface area contributed by atoms with Gasteiger partial charge in [-0.15, -0.1) is 0 Å². The number of aromatic nitrogens is 1. The van der Waals surface area contributed by atoms with Crippen molar-refractivity contribution in [3.05, 3.63) is 22.4 Å². The molecular formula is C14H21BrN2O. The van der Waals surface area contributed by atoms with Crippen molar-refractivity contribution in [2.24, 2.45) is 11.3 Å². The van der Waals surface area contributed by atoms with Gasteiger partial charge in [0, 0.05) is 23.8 Å². The van der Waals surface area contributed by atoms with Crippen LogP contribution in [0, 0.1) is 11.3 Å². The van der Waals surface area contributed by atoms with Crippen molar-refractivity contribution < 1.29 is 4.79 Å². The molecule has 0 aromatic carbocycles. The minimum Gasteiger partial charge on any atom is -0.356 e. The van der Waals surface area contributed by atoms with Crippen molar-refractivity contribution >= 4 is 21.8 Å². The number of halogens is 1. The molecule has 100 valence electrons. The second kappa shape index (κ2) is 5.08. The first-order valence-electron chi connectivity index (χ1n) is 6.51. The van der Waals surface area contributed by atoms with Crippen LogP contribution >= 0.6 is 15.9 Å². The Morgan fingerprint density at radius 1 is 1.39 bits per heavy atom. The zero-order valence-electron chi connectivity index (χ0n) is 11.3. The van der Waals surface area contributed by atoms with Crippen molar-refractivity contribution in [1.29, 1.82) is 0 Å². The maximum Gasteiger partial charge on any atom is 0.270 e. The average molecular weight is 313 g/mol. The number of nitrogens with zero attached hydrogens (tertiary/aromatic N) is 1. The maximum atomic E-state index is 12.2. The van der Waals surface area contributed by atoms with Gasteiger partial charge in [0.05, 0.1) is 0 Å². The van der Waals surface area contributed by atoms with Gasteiger partial charge in [0.2, 0.25) is 0 Å². The predicted octanol–water partition coefficient (Wildman–Crippen LogP) is 3.68. The lowest BCUT2D eigenvalue weighted by atomic mass is 9.75. The zero-order valence-corrected chi connectivity index (χ0v) is 12.9. The average Bonchev–Trinajstić information content (AvgIpc) is 2.74. The van der Waals surface area contributed by atoms with E-state index >= 15 is 0 Å². The Bertz CT molecular complexity index is 425. The third-order valence-electron chi connectivity index (χ3n) is 3.89. The van der Waals surface area contributed by atoms with E-state index in [2.05, 4.69) is 41.7 Å². The second-order valence-electron chi connectivity index (χ2n) is 6.16. The molecule has 0 bridgehead atoms. The van der Waals surface area contributed by atoms with Crippen molar-refractivity contribution in [3.63, 3.8) is 0 Å². The topological polar surface area (TPSA) is 36.1 Å². The van der Waals surface area contributed by atoms with Gasteiger partial charge in [-0.1, -0.05) is 20.8 Å². The molecule has 1 aliphatic heterocycles. The van der Waals surface area contributed by atoms with Gasteiger partial charge in [-0.05, 0) is 46.2 Å². The molecule has 0 aliphatic carbocycles. The molecular weight excluding hydrogens is 292 g/mol. The highest BCUT2D eigenvalue weighted by atomic mass is 79.9. The Morgan fingerprint density at radius 3 is 2.44 bits per heavy atom.